The number of rotatable bonds is 6. The molecule has 184 valence electrons. The summed E-state index contributed by atoms with van der Waals surface area (Å²) in [6, 6.07) is 7.26. The summed E-state index contributed by atoms with van der Waals surface area (Å²) in [4.78, 5) is 23.9. The number of amides is 1. The molecule has 0 atom stereocenters. The lowest BCUT2D eigenvalue weighted by Crippen LogP contribution is -2.27. The van der Waals surface area contributed by atoms with Crippen molar-refractivity contribution >= 4 is 48.7 Å². The number of Topliss-reactive ketones (excluding diaryl/α,β-unsaturated/α-hetero) is 1. The first-order chi connectivity index (χ1) is 16.4. The Bertz CT molecular complexity index is 1490. The number of nitrogens with one attached hydrogen (secondary N) is 2. The predicted molar refractivity (Wildman–Crippen MR) is 126 cm³/mol. The van der Waals surface area contributed by atoms with Crippen LogP contribution in [0.5, 0.6) is 5.75 Å². The van der Waals surface area contributed by atoms with Crippen LogP contribution in [-0.4, -0.2) is 33.5 Å². The van der Waals surface area contributed by atoms with Gasteiger partial charge >= 0.3 is 6.18 Å². The van der Waals surface area contributed by atoms with Gasteiger partial charge in [0.15, 0.2) is 5.78 Å². The van der Waals surface area contributed by atoms with Crippen LogP contribution in [0.4, 0.5) is 13.2 Å². The molecule has 1 aromatic heterocycles. The van der Waals surface area contributed by atoms with Crippen molar-refractivity contribution in [3.05, 3.63) is 58.6 Å². The number of hydrogen-bond donors (Lipinski definition) is 2. The van der Waals surface area contributed by atoms with E-state index in [4.69, 9.17) is 4.74 Å². The van der Waals surface area contributed by atoms with E-state index in [0.29, 0.717) is 5.56 Å². The maximum Gasteiger partial charge on any atom is 0.420 e. The maximum absolute atomic E-state index is 14.0. The SMILES string of the molecule is COc1c(-c2ccc3c(CNS(C)(=O)=O)csc3c2)cc(C2=CNC(=O)CC2=O)cc1C(F)(F)F. The first-order valence-electron chi connectivity index (χ1n) is 10.1. The molecule has 2 heterocycles. The number of ether oxygens (including phenoxy) is 1. The first-order valence-corrected chi connectivity index (χ1v) is 12.9. The number of hydrogen-bond acceptors (Lipinski definition) is 6. The molecule has 0 saturated heterocycles. The molecule has 1 aliphatic heterocycles. The number of benzene rings is 2. The lowest BCUT2D eigenvalue weighted by molar-refractivity contribution is -0.138. The number of sulfonamides is 1. The molecule has 0 fully saturated rings. The highest BCUT2D eigenvalue weighted by molar-refractivity contribution is 7.88. The van der Waals surface area contributed by atoms with Crippen molar-refractivity contribution < 1.29 is 35.9 Å². The Morgan fingerprint density at radius 3 is 2.51 bits per heavy atom. The molecule has 0 spiro atoms. The molecule has 0 aliphatic carbocycles. The van der Waals surface area contributed by atoms with Gasteiger partial charge in [-0.15, -0.1) is 11.3 Å². The van der Waals surface area contributed by atoms with Crippen LogP contribution in [-0.2, 0) is 32.3 Å². The van der Waals surface area contributed by atoms with Gasteiger partial charge in [-0.05, 0) is 45.7 Å². The smallest absolute Gasteiger partial charge is 0.420 e. The Hall–Kier alpha value is -3.22. The van der Waals surface area contributed by atoms with E-state index in [2.05, 4.69) is 10.0 Å². The van der Waals surface area contributed by atoms with Crippen LogP contribution < -0.4 is 14.8 Å². The molecule has 1 amide bonds. The molecule has 12 heteroatoms. The van der Waals surface area contributed by atoms with Gasteiger partial charge in [0.2, 0.25) is 15.9 Å². The summed E-state index contributed by atoms with van der Waals surface area (Å²) in [5.74, 6) is -1.52. The van der Waals surface area contributed by atoms with E-state index in [1.807, 2.05) is 0 Å². The van der Waals surface area contributed by atoms with Gasteiger partial charge in [0, 0.05) is 28.6 Å². The number of carbonyl (C=O) groups excluding carboxylic acids is 2. The number of fused-ring (bicyclic) bond motifs is 1. The second-order valence-corrected chi connectivity index (χ2v) is 10.6. The van der Waals surface area contributed by atoms with Crippen molar-refractivity contribution in [2.45, 2.75) is 19.1 Å². The zero-order chi connectivity index (χ0) is 25.5. The Kier molecular flexibility index (Phi) is 6.47. The van der Waals surface area contributed by atoms with Gasteiger partial charge in [-0.1, -0.05) is 12.1 Å². The van der Waals surface area contributed by atoms with Crippen molar-refractivity contribution in [1.29, 1.82) is 0 Å². The number of allylic oxidation sites excluding steroid dienone is 1. The van der Waals surface area contributed by atoms with Gasteiger partial charge in [0.1, 0.15) is 5.75 Å². The molecule has 3 aromatic rings. The molecule has 0 unspecified atom stereocenters. The van der Waals surface area contributed by atoms with Crippen LogP contribution in [0.3, 0.4) is 0 Å². The summed E-state index contributed by atoms with van der Waals surface area (Å²) in [5.41, 5.74) is 0.177. The average molecular weight is 525 g/mol. The summed E-state index contributed by atoms with van der Waals surface area (Å²) in [6.45, 7) is 0.0806. The highest BCUT2D eigenvalue weighted by atomic mass is 32.2. The monoisotopic (exact) mass is 524 g/mol. The van der Waals surface area contributed by atoms with Crippen LogP contribution >= 0.6 is 11.3 Å². The van der Waals surface area contributed by atoms with E-state index >= 15 is 0 Å². The molecular formula is C23H19F3N2O5S2. The van der Waals surface area contributed by atoms with E-state index in [1.54, 1.807) is 23.6 Å². The molecule has 0 saturated carbocycles. The number of halogens is 3. The van der Waals surface area contributed by atoms with E-state index in [0.717, 1.165) is 41.3 Å². The number of methoxy groups -OCH3 is 1. The fourth-order valence-corrected chi connectivity index (χ4v) is 5.21. The predicted octanol–water partition coefficient (Wildman–Crippen LogP) is 4.07. The van der Waals surface area contributed by atoms with Gasteiger partial charge in [-0.2, -0.15) is 13.2 Å². The van der Waals surface area contributed by atoms with Gasteiger partial charge in [-0.25, -0.2) is 13.1 Å². The first kappa shape index (κ1) is 24.9. The van der Waals surface area contributed by atoms with Crippen LogP contribution in [0.1, 0.15) is 23.1 Å². The summed E-state index contributed by atoms with van der Waals surface area (Å²) >= 11 is 1.32. The third-order valence-corrected chi connectivity index (χ3v) is 7.06. The Morgan fingerprint density at radius 1 is 1.14 bits per heavy atom. The minimum absolute atomic E-state index is 0.00226. The fourth-order valence-electron chi connectivity index (χ4n) is 3.80. The van der Waals surface area contributed by atoms with Crippen LogP contribution in [0.15, 0.2) is 41.9 Å². The largest absolute Gasteiger partial charge is 0.495 e. The summed E-state index contributed by atoms with van der Waals surface area (Å²) in [6.07, 6.45) is -3.06. The Morgan fingerprint density at radius 2 is 1.89 bits per heavy atom. The van der Waals surface area contributed by atoms with E-state index in [1.165, 1.54) is 17.4 Å². The zero-order valence-electron chi connectivity index (χ0n) is 18.4. The third kappa shape index (κ3) is 5.24. The summed E-state index contributed by atoms with van der Waals surface area (Å²) in [5, 5.41) is 4.91. The second kappa shape index (κ2) is 9.10. The van der Waals surface area contributed by atoms with Crippen molar-refractivity contribution in [2.75, 3.05) is 13.4 Å². The molecule has 4 rings (SSSR count). The molecule has 0 radical (unpaired) electrons. The van der Waals surface area contributed by atoms with E-state index in [-0.39, 0.29) is 23.2 Å². The highest BCUT2D eigenvalue weighted by Gasteiger charge is 2.37. The minimum Gasteiger partial charge on any atom is -0.495 e. The van der Waals surface area contributed by atoms with Gasteiger partial charge < -0.3 is 10.1 Å². The van der Waals surface area contributed by atoms with E-state index in [9.17, 15) is 31.2 Å². The van der Waals surface area contributed by atoms with E-state index < -0.39 is 45.6 Å². The van der Waals surface area contributed by atoms with Crippen molar-refractivity contribution in [1.82, 2.24) is 10.0 Å². The number of ketones is 1. The number of carbonyl (C=O) groups is 2. The summed E-state index contributed by atoms with van der Waals surface area (Å²) in [7, 11) is -2.26. The molecule has 2 N–H and O–H groups in total. The molecule has 1 aliphatic rings. The normalized spacial score (nSPS) is 14.7. The van der Waals surface area contributed by atoms with Gasteiger partial charge in [0.05, 0.1) is 25.3 Å². The van der Waals surface area contributed by atoms with Crippen molar-refractivity contribution in [3.63, 3.8) is 0 Å². The Labute approximate surface area is 202 Å². The Balaban J connectivity index is 1.87. The molecular weight excluding hydrogens is 505 g/mol. The quantitative estimate of drug-likeness (QED) is 0.474. The molecule has 35 heavy (non-hydrogen) atoms. The molecule has 7 nitrogen and oxygen atoms in total. The van der Waals surface area contributed by atoms with Gasteiger partial charge in [-0.3, -0.25) is 9.59 Å². The lowest BCUT2D eigenvalue weighted by Gasteiger charge is -2.20. The number of alkyl halides is 3. The average Bonchev–Trinajstić information content (AvgIpc) is 3.18. The fraction of sp³-hybridized carbons (Fsp3) is 0.217. The third-order valence-electron chi connectivity index (χ3n) is 5.40. The minimum atomic E-state index is -4.77. The molecule has 0 bridgehead atoms. The number of thiophene rings is 1. The van der Waals surface area contributed by atoms with Crippen molar-refractivity contribution in [2.24, 2.45) is 0 Å². The van der Waals surface area contributed by atoms with Crippen molar-refractivity contribution in [3.8, 4) is 16.9 Å². The van der Waals surface area contributed by atoms with Crippen LogP contribution in [0.2, 0.25) is 0 Å². The highest BCUT2D eigenvalue weighted by Crippen LogP contribution is 2.45. The maximum atomic E-state index is 14.0. The lowest BCUT2D eigenvalue weighted by atomic mass is 9.91. The van der Waals surface area contributed by atoms with Gasteiger partial charge in [0.25, 0.3) is 0 Å². The van der Waals surface area contributed by atoms with Crippen LogP contribution in [0, 0.1) is 0 Å². The standard InChI is InChI=1S/C23H19F3N2O5S2/c1-33-22-16(12-3-4-15-14(9-28-35(2,31)32)11-34-20(15)7-12)5-13(6-18(22)23(24,25)26)17-10-27-21(30)8-19(17)29/h3-7,10-11,28H,8-9H2,1-2H3,(H,27,30). The van der Waals surface area contributed by atoms with Crippen LogP contribution in [0.25, 0.3) is 26.8 Å². The summed E-state index contributed by atoms with van der Waals surface area (Å²) < 4.78 is 73.1. The molecule has 2 aromatic carbocycles. The topological polar surface area (TPSA) is 102 Å². The second-order valence-electron chi connectivity index (χ2n) is 7.89. The zero-order valence-corrected chi connectivity index (χ0v) is 20.1.